The summed E-state index contributed by atoms with van der Waals surface area (Å²) in [4.78, 5) is 11.8. The van der Waals surface area contributed by atoms with Crippen LogP contribution in [-0.2, 0) is 22.4 Å². The lowest BCUT2D eigenvalue weighted by atomic mass is 10.1. The highest BCUT2D eigenvalue weighted by molar-refractivity contribution is 5.78. The third kappa shape index (κ3) is 9.89. The fourth-order valence-electron chi connectivity index (χ4n) is 2.70. The van der Waals surface area contributed by atoms with Crippen molar-refractivity contribution in [2.24, 2.45) is 0 Å². The summed E-state index contributed by atoms with van der Waals surface area (Å²) in [5.74, 6) is 0.00491. The van der Waals surface area contributed by atoms with Crippen LogP contribution >= 0.6 is 0 Å². The first-order chi connectivity index (χ1) is 13.2. The number of aliphatic hydroxyl groups excluding tert-OH is 1. The number of aryl methyl sites for hydroxylation is 1. The largest absolute Gasteiger partial charge is 0.389 e. The van der Waals surface area contributed by atoms with Gasteiger partial charge in [-0.15, -0.1) is 0 Å². The molecule has 1 atom stereocenters. The van der Waals surface area contributed by atoms with Crippen molar-refractivity contribution in [2.75, 3.05) is 32.8 Å². The van der Waals surface area contributed by atoms with E-state index in [9.17, 15) is 9.90 Å². The molecule has 0 saturated heterocycles. The molecule has 0 aromatic heterocycles. The number of carbonyl (C=O) groups is 1. The Labute approximate surface area is 161 Å². The predicted octanol–water partition coefficient (Wildman–Crippen LogP) is 1.95. The first-order valence-corrected chi connectivity index (χ1v) is 9.55. The molecule has 1 amide bonds. The molecule has 3 N–H and O–H groups in total. The van der Waals surface area contributed by atoms with Crippen LogP contribution in [0.2, 0.25) is 0 Å². The second kappa shape index (κ2) is 13.0. The van der Waals surface area contributed by atoms with Crippen molar-refractivity contribution < 1.29 is 14.6 Å². The van der Waals surface area contributed by atoms with Crippen LogP contribution in [0.3, 0.4) is 0 Å². The zero-order chi connectivity index (χ0) is 19.2. The maximum atomic E-state index is 11.8. The topological polar surface area (TPSA) is 70.6 Å². The van der Waals surface area contributed by atoms with Crippen LogP contribution in [0.15, 0.2) is 60.7 Å². The summed E-state index contributed by atoms with van der Waals surface area (Å²) in [6, 6.07) is 20.0. The highest BCUT2D eigenvalue weighted by Gasteiger charge is 2.05. The van der Waals surface area contributed by atoms with Crippen LogP contribution < -0.4 is 10.6 Å². The van der Waals surface area contributed by atoms with Gasteiger partial charge < -0.3 is 20.5 Å². The molecule has 0 fully saturated rings. The molecule has 0 spiro atoms. The minimum absolute atomic E-state index is 0.00491. The fraction of sp³-hybridized carbons (Fsp3) is 0.409. The molecule has 0 bridgehead atoms. The zero-order valence-corrected chi connectivity index (χ0v) is 15.8. The Morgan fingerprint density at radius 3 is 2.33 bits per heavy atom. The van der Waals surface area contributed by atoms with E-state index in [1.54, 1.807) is 0 Å². The van der Waals surface area contributed by atoms with Gasteiger partial charge in [-0.05, 0) is 24.0 Å². The number of benzene rings is 2. The molecule has 2 aromatic rings. The molecule has 146 valence electrons. The van der Waals surface area contributed by atoms with E-state index in [0.29, 0.717) is 39.3 Å². The quantitative estimate of drug-likeness (QED) is 0.471. The van der Waals surface area contributed by atoms with Gasteiger partial charge >= 0.3 is 0 Å². The Morgan fingerprint density at radius 1 is 0.963 bits per heavy atom. The van der Waals surface area contributed by atoms with Crippen LogP contribution in [0.5, 0.6) is 0 Å². The number of ether oxygens (including phenoxy) is 1. The third-order valence-corrected chi connectivity index (χ3v) is 4.12. The molecule has 0 saturated carbocycles. The van der Waals surface area contributed by atoms with E-state index < -0.39 is 6.10 Å². The molecule has 5 heteroatoms. The van der Waals surface area contributed by atoms with E-state index >= 15 is 0 Å². The van der Waals surface area contributed by atoms with E-state index in [1.165, 1.54) is 5.56 Å². The summed E-state index contributed by atoms with van der Waals surface area (Å²) in [7, 11) is 0. The van der Waals surface area contributed by atoms with Gasteiger partial charge in [-0.1, -0.05) is 60.7 Å². The second-order valence-corrected chi connectivity index (χ2v) is 6.53. The van der Waals surface area contributed by atoms with Crippen LogP contribution in [0.4, 0.5) is 0 Å². The first kappa shape index (κ1) is 21.1. The average Bonchev–Trinajstić information content (AvgIpc) is 2.69. The molecule has 27 heavy (non-hydrogen) atoms. The number of nitrogens with one attached hydrogen (secondary N) is 2. The van der Waals surface area contributed by atoms with Crippen molar-refractivity contribution in [3.05, 3.63) is 71.8 Å². The smallest absolute Gasteiger partial charge is 0.224 e. The number of rotatable bonds is 13. The monoisotopic (exact) mass is 370 g/mol. The molecular weight excluding hydrogens is 340 g/mol. The van der Waals surface area contributed by atoms with Crippen LogP contribution in [-0.4, -0.2) is 50.0 Å². The SMILES string of the molecule is O=C(Cc1ccccc1)NCCNCC(O)COCCCc1ccccc1. The van der Waals surface area contributed by atoms with Gasteiger partial charge in [-0.2, -0.15) is 0 Å². The lowest BCUT2D eigenvalue weighted by Crippen LogP contribution is -2.37. The molecule has 0 aliphatic heterocycles. The van der Waals surface area contributed by atoms with Gasteiger partial charge in [0.1, 0.15) is 0 Å². The van der Waals surface area contributed by atoms with Crippen LogP contribution in [0.1, 0.15) is 17.5 Å². The second-order valence-electron chi connectivity index (χ2n) is 6.53. The Bertz CT molecular complexity index is 635. The summed E-state index contributed by atoms with van der Waals surface area (Å²) in [5.41, 5.74) is 2.31. The summed E-state index contributed by atoms with van der Waals surface area (Å²) in [5, 5.41) is 15.9. The van der Waals surface area contributed by atoms with Gasteiger partial charge in [-0.3, -0.25) is 4.79 Å². The Balaban J connectivity index is 1.42. The number of amides is 1. The molecule has 0 aliphatic rings. The lowest BCUT2D eigenvalue weighted by Gasteiger charge is -2.13. The standard InChI is InChI=1S/C22H30N2O3/c25-21(18-27-15-7-12-19-8-3-1-4-9-19)17-23-13-14-24-22(26)16-20-10-5-2-6-11-20/h1-6,8-11,21,23,25H,7,12-18H2,(H,24,26). The van der Waals surface area contributed by atoms with E-state index in [-0.39, 0.29) is 5.91 Å². The highest BCUT2D eigenvalue weighted by atomic mass is 16.5. The molecular formula is C22H30N2O3. The lowest BCUT2D eigenvalue weighted by molar-refractivity contribution is -0.120. The van der Waals surface area contributed by atoms with Crippen molar-refractivity contribution >= 4 is 5.91 Å². The Hall–Kier alpha value is -2.21. The normalized spacial score (nSPS) is 11.9. The van der Waals surface area contributed by atoms with Gasteiger partial charge in [-0.25, -0.2) is 0 Å². The van der Waals surface area contributed by atoms with Crippen LogP contribution in [0.25, 0.3) is 0 Å². The molecule has 5 nitrogen and oxygen atoms in total. The number of hydrogen-bond acceptors (Lipinski definition) is 4. The molecule has 0 aliphatic carbocycles. The summed E-state index contributed by atoms with van der Waals surface area (Å²) in [6.07, 6.45) is 1.78. The highest BCUT2D eigenvalue weighted by Crippen LogP contribution is 2.02. The first-order valence-electron chi connectivity index (χ1n) is 9.55. The third-order valence-electron chi connectivity index (χ3n) is 4.12. The van der Waals surface area contributed by atoms with Crippen molar-refractivity contribution in [1.82, 2.24) is 10.6 Å². The number of hydrogen-bond donors (Lipinski definition) is 3. The van der Waals surface area contributed by atoms with Gasteiger partial charge in [0.25, 0.3) is 0 Å². The number of aliphatic hydroxyl groups is 1. The Kier molecular flexibility index (Phi) is 10.2. The summed E-state index contributed by atoms with van der Waals surface area (Å²) < 4.78 is 5.52. The maximum Gasteiger partial charge on any atom is 0.224 e. The van der Waals surface area contributed by atoms with Gasteiger partial charge in [0, 0.05) is 26.2 Å². The van der Waals surface area contributed by atoms with E-state index in [1.807, 2.05) is 48.5 Å². The fourth-order valence-corrected chi connectivity index (χ4v) is 2.70. The Morgan fingerprint density at radius 2 is 1.63 bits per heavy atom. The molecule has 0 radical (unpaired) electrons. The average molecular weight is 370 g/mol. The molecule has 2 aromatic carbocycles. The molecule has 1 unspecified atom stereocenters. The van der Waals surface area contributed by atoms with Gasteiger partial charge in [0.2, 0.25) is 5.91 Å². The predicted molar refractivity (Wildman–Crippen MR) is 108 cm³/mol. The van der Waals surface area contributed by atoms with E-state index in [2.05, 4.69) is 22.8 Å². The van der Waals surface area contributed by atoms with Gasteiger partial charge in [0.15, 0.2) is 0 Å². The van der Waals surface area contributed by atoms with Crippen molar-refractivity contribution in [3.63, 3.8) is 0 Å². The van der Waals surface area contributed by atoms with Crippen molar-refractivity contribution in [2.45, 2.75) is 25.4 Å². The van der Waals surface area contributed by atoms with E-state index in [0.717, 1.165) is 18.4 Å². The minimum Gasteiger partial charge on any atom is -0.389 e. The summed E-state index contributed by atoms with van der Waals surface area (Å²) >= 11 is 0. The summed E-state index contributed by atoms with van der Waals surface area (Å²) in [6.45, 7) is 2.57. The minimum atomic E-state index is -0.540. The number of carbonyl (C=O) groups excluding carboxylic acids is 1. The zero-order valence-electron chi connectivity index (χ0n) is 15.8. The van der Waals surface area contributed by atoms with Crippen molar-refractivity contribution in [1.29, 1.82) is 0 Å². The van der Waals surface area contributed by atoms with Crippen molar-refractivity contribution in [3.8, 4) is 0 Å². The molecule has 2 rings (SSSR count). The van der Waals surface area contributed by atoms with Crippen LogP contribution in [0, 0.1) is 0 Å². The van der Waals surface area contributed by atoms with E-state index in [4.69, 9.17) is 4.74 Å². The van der Waals surface area contributed by atoms with Gasteiger partial charge in [0.05, 0.1) is 19.1 Å². The maximum absolute atomic E-state index is 11.8. The molecule has 0 heterocycles.